The van der Waals surface area contributed by atoms with E-state index in [1.54, 1.807) is 22.7 Å². The van der Waals surface area contributed by atoms with E-state index >= 15 is 0 Å². The van der Waals surface area contributed by atoms with Gasteiger partial charge in [0.25, 0.3) is 0 Å². The maximum absolute atomic E-state index is 6.10. The van der Waals surface area contributed by atoms with Gasteiger partial charge in [0.2, 0.25) is 0 Å². The average Bonchev–Trinajstić information content (AvgIpc) is 2.97. The lowest BCUT2D eigenvalue weighted by Crippen LogP contribution is -2.02. The summed E-state index contributed by atoms with van der Waals surface area (Å²) in [5.74, 6) is 0. The predicted octanol–water partition coefficient (Wildman–Crippen LogP) is 3.26. The highest BCUT2D eigenvalue weighted by Crippen LogP contribution is 2.30. The van der Waals surface area contributed by atoms with Gasteiger partial charge in [-0.3, -0.25) is 0 Å². The number of nitrogens with one attached hydrogen (secondary N) is 1. The Morgan fingerprint density at radius 1 is 1.33 bits per heavy atom. The summed E-state index contributed by atoms with van der Waals surface area (Å²) in [6, 6.07) is 4.04. The topological polar surface area (TPSA) is 63.8 Å². The number of aromatic nitrogens is 2. The lowest BCUT2D eigenvalue weighted by atomic mass is 10.2. The number of anilines is 2. The first-order chi connectivity index (χ1) is 8.74. The van der Waals surface area contributed by atoms with Gasteiger partial charge in [-0.2, -0.15) is 0 Å². The average molecular weight is 276 g/mol. The van der Waals surface area contributed by atoms with Crippen LogP contribution in [0.15, 0.2) is 23.0 Å². The minimum atomic E-state index is 0.693. The number of nitrogens with zero attached hydrogens (tertiary/aromatic N) is 2. The van der Waals surface area contributed by atoms with Crippen LogP contribution in [0.4, 0.5) is 11.4 Å². The highest BCUT2D eigenvalue weighted by atomic mass is 32.1. The molecule has 0 spiro atoms. The molecule has 0 saturated heterocycles. The first kappa shape index (κ1) is 11.4. The van der Waals surface area contributed by atoms with E-state index in [9.17, 15) is 0 Å². The Labute approximate surface area is 113 Å². The molecule has 2 heterocycles. The van der Waals surface area contributed by atoms with E-state index in [-0.39, 0.29) is 0 Å². The monoisotopic (exact) mass is 276 g/mol. The maximum Gasteiger partial charge on any atom is 0.112 e. The van der Waals surface area contributed by atoms with Crippen molar-refractivity contribution in [1.29, 1.82) is 0 Å². The minimum absolute atomic E-state index is 0.693. The van der Waals surface area contributed by atoms with Gasteiger partial charge in [0.1, 0.15) is 10.5 Å². The number of nitrogen functional groups attached to an aromatic ring is 1. The molecule has 0 aliphatic rings. The lowest BCUT2D eigenvalue weighted by Gasteiger charge is -2.07. The summed E-state index contributed by atoms with van der Waals surface area (Å²) in [7, 11) is 0. The number of thiazole rings is 2. The van der Waals surface area contributed by atoms with Crippen LogP contribution in [0.1, 0.15) is 10.7 Å². The molecule has 0 unspecified atom stereocenters. The normalized spacial score (nSPS) is 10.9. The fourth-order valence-corrected chi connectivity index (χ4v) is 3.17. The van der Waals surface area contributed by atoms with Gasteiger partial charge < -0.3 is 11.1 Å². The van der Waals surface area contributed by atoms with Crippen LogP contribution in [0.3, 0.4) is 0 Å². The number of benzene rings is 1. The molecule has 4 nitrogen and oxygen atoms in total. The van der Waals surface area contributed by atoms with Gasteiger partial charge >= 0.3 is 0 Å². The van der Waals surface area contributed by atoms with Gasteiger partial charge in [-0.25, -0.2) is 9.97 Å². The summed E-state index contributed by atoms with van der Waals surface area (Å²) in [4.78, 5) is 8.69. The van der Waals surface area contributed by atoms with Crippen molar-refractivity contribution in [3.05, 3.63) is 33.7 Å². The van der Waals surface area contributed by atoms with Crippen LogP contribution in [0.25, 0.3) is 10.2 Å². The van der Waals surface area contributed by atoms with Crippen LogP contribution in [0.2, 0.25) is 0 Å². The van der Waals surface area contributed by atoms with E-state index in [0.29, 0.717) is 12.2 Å². The van der Waals surface area contributed by atoms with Crippen LogP contribution in [0, 0.1) is 6.92 Å². The predicted molar refractivity (Wildman–Crippen MR) is 78.2 cm³/mol. The Balaban J connectivity index is 1.84. The third-order valence-electron chi connectivity index (χ3n) is 2.64. The van der Waals surface area contributed by atoms with E-state index in [0.717, 1.165) is 26.6 Å². The van der Waals surface area contributed by atoms with Crippen molar-refractivity contribution in [3.8, 4) is 0 Å². The third kappa shape index (κ3) is 2.04. The zero-order valence-corrected chi connectivity index (χ0v) is 11.4. The molecule has 0 fully saturated rings. The molecule has 6 heteroatoms. The van der Waals surface area contributed by atoms with Crippen molar-refractivity contribution >= 4 is 44.3 Å². The largest absolute Gasteiger partial charge is 0.395 e. The van der Waals surface area contributed by atoms with Crippen molar-refractivity contribution in [2.75, 3.05) is 11.1 Å². The molecule has 1 aromatic carbocycles. The second-order valence-corrected chi connectivity index (χ2v) is 5.79. The second kappa shape index (κ2) is 4.55. The smallest absolute Gasteiger partial charge is 0.112 e. The van der Waals surface area contributed by atoms with Crippen LogP contribution >= 0.6 is 22.7 Å². The van der Waals surface area contributed by atoms with Crippen molar-refractivity contribution in [1.82, 2.24) is 9.97 Å². The number of fused-ring (bicyclic) bond motifs is 1. The van der Waals surface area contributed by atoms with Crippen LogP contribution in [-0.4, -0.2) is 9.97 Å². The number of rotatable bonds is 3. The summed E-state index contributed by atoms with van der Waals surface area (Å²) in [6.45, 7) is 2.69. The Morgan fingerprint density at radius 2 is 2.22 bits per heavy atom. The van der Waals surface area contributed by atoms with Gasteiger partial charge in [0.15, 0.2) is 0 Å². The third-order valence-corrected chi connectivity index (χ3v) is 4.40. The zero-order valence-electron chi connectivity index (χ0n) is 9.80. The summed E-state index contributed by atoms with van der Waals surface area (Å²) in [6.07, 6.45) is 0. The quantitative estimate of drug-likeness (QED) is 0.721. The molecule has 2 aromatic heterocycles. The molecule has 3 N–H and O–H groups in total. The van der Waals surface area contributed by atoms with Gasteiger partial charge in [-0.15, -0.1) is 22.7 Å². The molecule has 0 bridgehead atoms. The summed E-state index contributed by atoms with van der Waals surface area (Å²) < 4.78 is 1.11. The summed E-state index contributed by atoms with van der Waals surface area (Å²) in [5, 5.41) is 6.42. The molecule has 0 aliphatic carbocycles. The zero-order chi connectivity index (χ0) is 12.5. The summed E-state index contributed by atoms with van der Waals surface area (Å²) >= 11 is 3.25. The highest BCUT2D eigenvalue weighted by Gasteiger charge is 2.07. The van der Waals surface area contributed by atoms with Crippen LogP contribution in [-0.2, 0) is 6.54 Å². The highest BCUT2D eigenvalue weighted by molar-refractivity contribution is 7.16. The first-order valence-corrected chi connectivity index (χ1v) is 7.26. The van der Waals surface area contributed by atoms with Gasteiger partial charge in [0.05, 0.1) is 28.1 Å². The molecule has 0 aliphatic heterocycles. The molecule has 0 atom stereocenters. The van der Waals surface area contributed by atoms with Crippen LogP contribution < -0.4 is 11.1 Å². The van der Waals surface area contributed by atoms with Crippen molar-refractivity contribution in [2.24, 2.45) is 0 Å². The molecule has 18 heavy (non-hydrogen) atoms. The first-order valence-electron chi connectivity index (χ1n) is 5.50. The Morgan fingerprint density at radius 3 is 3.00 bits per heavy atom. The molecule has 3 rings (SSSR count). The van der Waals surface area contributed by atoms with E-state index in [1.165, 1.54) is 0 Å². The van der Waals surface area contributed by atoms with Crippen LogP contribution in [0.5, 0.6) is 0 Å². The molecule has 0 amide bonds. The summed E-state index contributed by atoms with van der Waals surface area (Å²) in [5.41, 5.74) is 11.5. The Bertz CT molecular complexity index is 686. The van der Waals surface area contributed by atoms with E-state index in [4.69, 9.17) is 5.73 Å². The van der Waals surface area contributed by atoms with Gasteiger partial charge in [-0.05, 0) is 19.1 Å². The van der Waals surface area contributed by atoms with Crippen molar-refractivity contribution in [3.63, 3.8) is 0 Å². The standard InChI is InChI=1S/C12H12N4S2/c1-7-5-17-10(16-7)4-14-8-2-3-9-12(11(8)13)15-6-18-9/h2-3,5-6,14H,4,13H2,1H3. The fourth-order valence-electron chi connectivity index (χ4n) is 1.76. The molecular formula is C12H12N4S2. The van der Waals surface area contributed by atoms with E-state index in [1.807, 2.05) is 29.9 Å². The van der Waals surface area contributed by atoms with Gasteiger partial charge in [-0.1, -0.05) is 0 Å². The molecule has 0 saturated carbocycles. The van der Waals surface area contributed by atoms with E-state index in [2.05, 4.69) is 15.3 Å². The molecular weight excluding hydrogens is 264 g/mol. The number of hydrogen-bond acceptors (Lipinski definition) is 6. The fraction of sp³-hybridized carbons (Fsp3) is 0.167. The Kier molecular flexibility index (Phi) is 2.89. The van der Waals surface area contributed by atoms with Crippen molar-refractivity contribution in [2.45, 2.75) is 13.5 Å². The number of nitrogens with two attached hydrogens (primary N) is 1. The van der Waals surface area contributed by atoms with E-state index < -0.39 is 0 Å². The Hall–Kier alpha value is -1.66. The molecule has 3 aromatic rings. The SMILES string of the molecule is Cc1csc(CNc2ccc3scnc3c2N)n1. The number of aryl methyl sites for hydroxylation is 1. The van der Waals surface area contributed by atoms with Gasteiger partial charge in [0, 0.05) is 11.1 Å². The number of hydrogen-bond donors (Lipinski definition) is 2. The minimum Gasteiger partial charge on any atom is -0.395 e. The van der Waals surface area contributed by atoms with Crippen molar-refractivity contribution < 1.29 is 0 Å². The molecule has 0 radical (unpaired) electrons. The lowest BCUT2D eigenvalue weighted by molar-refractivity contribution is 1.08. The second-order valence-electron chi connectivity index (χ2n) is 3.96. The maximum atomic E-state index is 6.10. The molecule has 92 valence electrons.